The van der Waals surface area contributed by atoms with Gasteiger partial charge in [0.05, 0.1) is 12.3 Å². The maximum absolute atomic E-state index is 12.8. The number of hydrogen-bond donors (Lipinski definition) is 2. The lowest BCUT2D eigenvalue weighted by Gasteiger charge is -2.15. The van der Waals surface area contributed by atoms with Crippen LogP contribution in [0.2, 0.25) is 0 Å². The molecule has 7 heteroatoms. The van der Waals surface area contributed by atoms with Crippen molar-refractivity contribution in [3.8, 4) is 16.3 Å². The topological polar surface area (TPSA) is 94.3 Å². The number of aromatic nitrogens is 1. The summed E-state index contributed by atoms with van der Waals surface area (Å²) in [5, 5.41) is 3.44. The van der Waals surface area contributed by atoms with Gasteiger partial charge in [0.25, 0.3) is 5.91 Å². The molecule has 0 aliphatic heterocycles. The van der Waals surface area contributed by atoms with Gasteiger partial charge in [0, 0.05) is 5.56 Å². The summed E-state index contributed by atoms with van der Waals surface area (Å²) in [4.78, 5) is 29.6. The number of nitrogens with two attached hydrogens (primary N) is 1. The first kappa shape index (κ1) is 19.6. The molecule has 3 N–H and O–H groups in total. The monoisotopic (exact) mass is 395 g/mol. The van der Waals surface area contributed by atoms with Crippen LogP contribution in [0.15, 0.2) is 54.6 Å². The summed E-state index contributed by atoms with van der Waals surface area (Å²) in [7, 11) is 0. The molecule has 1 heterocycles. The molecule has 6 nitrogen and oxygen atoms in total. The Labute approximate surface area is 167 Å². The molecule has 1 unspecified atom stereocenters. The Hall–Kier alpha value is -3.19. The van der Waals surface area contributed by atoms with E-state index in [0.29, 0.717) is 22.7 Å². The minimum absolute atomic E-state index is 0.375. The molecule has 0 fully saturated rings. The number of ether oxygens (including phenoxy) is 1. The normalized spacial score (nSPS) is 11.6. The van der Waals surface area contributed by atoms with Crippen molar-refractivity contribution < 1.29 is 14.3 Å². The maximum Gasteiger partial charge on any atom is 0.264 e. The molecule has 0 spiro atoms. The Morgan fingerprint density at radius 3 is 2.43 bits per heavy atom. The van der Waals surface area contributed by atoms with Crippen LogP contribution in [0.4, 0.5) is 0 Å². The van der Waals surface area contributed by atoms with E-state index >= 15 is 0 Å². The Morgan fingerprint density at radius 2 is 1.82 bits per heavy atom. The summed E-state index contributed by atoms with van der Waals surface area (Å²) in [6.07, 6.45) is 0. The molecule has 0 radical (unpaired) electrons. The predicted octanol–water partition coefficient (Wildman–Crippen LogP) is 3.47. The van der Waals surface area contributed by atoms with Crippen LogP contribution in [-0.4, -0.2) is 23.4 Å². The molecule has 1 aromatic heterocycles. The molecular formula is C21H21N3O3S. The highest BCUT2D eigenvalue weighted by Gasteiger charge is 2.23. The van der Waals surface area contributed by atoms with Crippen molar-refractivity contribution in [2.75, 3.05) is 6.61 Å². The summed E-state index contributed by atoms with van der Waals surface area (Å²) < 4.78 is 5.45. The molecule has 0 saturated heterocycles. The summed E-state index contributed by atoms with van der Waals surface area (Å²) >= 11 is 1.27. The summed E-state index contributed by atoms with van der Waals surface area (Å²) in [6.45, 7) is 4.30. The molecule has 0 aliphatic rings. The third-order valence-electron chi connectivity index (χ3n) is 4.11. The van der Waals surface area contributed by atoms with Crippen LogP contribution in [-0.2, 0) is 4.79 Å². The van der Waals surface area contributed by atoms with Crippen LogP contribution in [0.25, 0.3) is 10.6 Å². The zero-order valence-corrected chi connectivity index (χ0v) is 16.5. The van der Waals surface area contributed by atoms with E-state index in [1.807, 2.05) is 37.3 Å². The molecule has 3 aromatic rings. The molecular weight excluding hydrogens is 374 g/mol. The van der Waals surface area contributed by atoms with Gasteiger partial charge in [-0.15, -0.1) is 11.3 Å². The largest absolute Gasteiger partial charge is 0.494 e. The third-order valence-corrected chi connectivity index (χ3v) is 5.31. The van der Waals surface area contributed by atoms with E-state index in [0.717, 1.165) is 16.3 Å². The second-order valence-corrected chi connectivity index (χ2v) is 7.11. The summed E-state index contributed by atoms with van der Waals surface area (Å²) in [5.41, 5.74) is 7.62. The number of nitrogens with zero attached hydrogens (tertiary/aromatic N) is 1. The lowest BCUT2D eigenvalue weighted by Crippen LogP contribution is -2.37. The minimum Gasteiger partial charge on any atom is -0.494 e. The molecule has 28 heavy (non-hydrogen) atoms. The lowest BCUT2D eigenvalue weighted by atomic mass is 10.1. The van der Waals surface area contributed by atoms with Gasteiger partial charge in [0.1, 0.15) is 21.7 Å². The maximum atomic E-state index is 12.8. The number of nitrogens with one attached hydrogen (secondary N) is 1. The van der Waals surface area contributed by atoms with Gasteiger partial charge >= 0.3 is 0 Å². The predicted molar refractivity (Wildman–Crippen MR) is 109 cm³/mol. The van der Waals surface area contributed by atoms with Crippen molar-refractivity contribution in [3.63, 3.8) is 0 Å². The van der Waals surface area contributed by atoms with E-state index in [1.165, 1.54) is 11.3 Å². The Bertz CT molecular complexity index is 968. The fourth-order valence-electron chi connectivity index (χ4n) is 2.75. The molecule has 144 valence electrons. The van der Waals surface area contributed by atoms with Gasteiger partial charge in [0.15, 0.2) is 0 Å². The van der Waals surface area contributed by atoms with Gasteiger partial charge in [-0.25, -0.2) is 4.98 Å². The number of hydrogen-bond acceptors (Lipinski definition) is 5. The lowest BCUT2D eigenvalue weighted by molar-refractivity contribution is -0.120. The Kier molecular flexibility index (Phi) is 6.06. The van der Waals surface area contributed by atoms with Gasteiger partial charge in [-0.2, -0.15) is 0 Å². The summed E-state index contributed by atoms with van der Waals surface area (Å²) in [6, 6.07) is 15.6. The number of thiazole rings is 1. The van der Waals surface area contributed by atoms with E-state index in [2.05, 4.69) is 10.3 Å². The highest BCUT2D eigenvalue weighted by atomic mass is 32.1. The average Bonchev–Trinajstić information content (AvgIpc) is 3.09. The quantitative estimate of drug-likeness (QED) is 0.640. The second-order valence-electron chi connectivity index (χ2n) is 6.11. The van der Waals surface area contributed by atoms with E-state index < -0.39 is 11.9 Å². The number of rotatable bonds is 7. The molecule has 0 aliphatic carbocycles. The first-order valence-electron chi connectivity index (χ1n) is 8.85. The van der Waals surface area contributed by atoms with Crippen LogP contribution in [0.5, 0.6) is 5.75 Å². The molecule has 2 aromatic carbocycles. The SMILES string of the molecule is CCOc1ccc(-c2nc(C)c(C(=O)NC(C(N)=O)c3ccccc3)s2)cc1. The minimum atomic E-state index is -0.899. The molecule has 1 atom stereocenters. The zero-order chi connectivity index (χ0) is 20.1. The molecule has 2 amide bonds. The van der Waals surface area contributed by atoms with E-state index in [-0.39, 0.29) is 5.91 Å². The van der Waals surface area contributed by atoms with Gasteiger partial charge in [-0.05, 0) is 43.7 Å². The van der Waals surface area contributed by atoms with Crippen molar-refractivity contribution in [2.45, 2.75) is 19.9 Å². The van der Waals surface area contributed by atoms with Crippen LogP contribution in [0.3, 0.4) is 0 Å². The van der Waals surface area contributed by atoms with E-state index in [4.69, 9.17) is 10.5 Å². The van der Waals surface area contributed by atoms with Crippen LogP contribution in [0, 0.1) is 6.92 Å². The van der Waals surface area contributed by atoms with Gasteiger partial charge in [0.2, 0.25) is 5.91 Å². The highest BCUT2D eigenvalue weighted by molar-refractivity contribution is 7.17. The van der Waals surface area contributed by atoms with Crippen molar-refractivity contribution in [1.82, 2.24) is 10.3 Å². The molecule has 0 bridgehead atoms. The van der Waals surface area contributed by atoms with Gasteiger partial charge < -0.3 is 15.8 Å². The van der Waals surface area contributed by atoms with Crippen molar-refractivity contribution >= 4 is 23.2 Å². The van der Waals surface area contributed by atoms with Crippen LogP contribution < -0.4 is 15.8 Å². The number of primary amides is 1. The number of carbonyl (C=O) groups excluding carboxylic acids is 2. The van der Waals surface area contributed by atoms with E-state index in [9.17, 15) is 9.59 Å². The zero-order valence-electron chi connectivity index (χ0n) is 15.6. The average molecular weight is 395 g/mol. The van der Waals surface area contributed by atoms with E-state index in [1.54, 1.807) is 31.2 Å². The van der Waals surface area contributed by atoms with Gasteiger partial charge in [-0.1, -0.05) is 30.3 Å². The number of carbonyl (C=O) groups is 2. The third kappa shape index (κ3) is 4.37. The molecule has 0 saturated carbocycles. The van der Waals surface area contributed by atoms with Crippen molar-refractivity contribution in [2.24, 2.45) is 5.73 Å². The van der Waals surface area contributed by atoms with Crippen molar-refractivity contribution in [3.05, 3.63) is 70.7 Å². The fourth-order valence-corrected chi connectivity index (χ4v) is 3.73. The number of benzene rings is 2. The Balaban J connectivity index is 1.81. The first-order chi connectivity index (χ1) is 13.5. The summed E-state index contributed by atoms with van der Waals surface area (Å²) in [5.74, 6) is -0.210. The van der Waals surface area contributed by atoms with Crippen LogP contribution in [0.1, 0.15) is 33.9 Å². The fraction of sp³-hybridized carbons (Fsp3) is 0.190. The van der Waals surface area contributed by atoms with Crippen molar-refractivity contribution in [1.29, 1.82) is 0 Å². The Morgan fingerprint density at radius 1 is 1.14 bits per heavy atom. The smallest absolute Gasteiger partial charge is 0.264 e. The second kappa shape index (κ2) is 8.67. The van der Waals surface area contributed by atoms with Crippen LogP contribution >= 0.6 is 11.3 Å². The first-order valence-corrected chi connectivity index (χ1v) is 9.67. The standard InChI is InChI=1S/C21H21N3O3S/c1-3-27-16-11-9-15(10-12-16)21-23-13(2)18(28-21)20(26)24-17(19(22)25)14-7-5-4-6-8-14/h4-12,17H,3H2,1-2H3,(H2,22,25)(H,24,26). The number of amides is 2. The number of aryl methyl sites for hydroxylation is 1. The molecule has 3 rings (SSSR count). The van der Waals surface area contributed by atoms with Gasteiger partial charge in [-0.3, -0.25) is 9.59 Å². The highest BCUT2D eigenvalue weighted by Crippen LogP contribution is 2.29.